The van der Waals surface area contributed by atoms with E-state index in [1.165, 1.54) is 6.42 Å². The number of hydrogen-bond acceptors (Lipinski definition) is 3. The lowest BCUT2D eigenvalue weighted by atomic mass is 10.1. The monoisotopic (exact) mass is 380 g/mol. The van der Waals surface area contributed by atoms with Gasteiger partial charge in [-0.1, -0.05) is 29.8 Å². The van der Waals surface area contributed by atoms with Crippen LogP contribution in [0.5, 0.6) is 5.75 Å². The molecule has 0 saturated carbocycles. The SMILES string of the molecule is Cc1ccc(OC(C)C(=O)NCc2ccc(C(=O)N3CCCCC3)cc2)cc1. The summed E-state index contributed by atoms with van der Waals surface area (Å²) in [5.41, 5.74) is 2.80. The van der Waals surface area contributed by atoms with E-state index in [1.807, 2.05) is 60.4 Å². The van der Waals surface area contributed by atoms with Gasteiger partial charge in [-0.05, 0) is 62.9 Å². The van der Waals surface area contributed by atoms with Crippen LogP contribution in [-0.4, -0.2) is 35.9 Å². The Kier molecular flexibility index (Phi) is 6.69. The van der Waals surface area contributed by atoms with Crippen molar-refractivity contribution in [3.63, 3.8) is 0 Å². The Labute approximate surface area is 166 Å². The van der Waals surface area contributed by atoms with Gasteiger partial charge in [0, 0.05) is 25.2 Å². The fraction of sp³-hybridized carbons (Fsp3) is 0.391. The van der Waals surface area contributed by atoms with Gasteiger partial charge in [-0.15, -0.1) is 0 Å². The molecule has 0 spiro atoms. The van der Waals surface area contributed by atoms with Gasteiger partial charge in [0.05, 0.1) is 0 Å². The largest absolute Gasteiger partial charge is 0.481 e. The Hall–Kier alpha value is -2.82. The van der Waals surface area contributed by atoms with Crippen molar-refractivity contribution in [2.45, 2.75) is 45.8 Å². The van der Waals surface area contributed by atoms with E-state index in [4.69, 9.17) is 4.74 Å². The molecule has 1 aliphatic rings. The molecule has 2 amide bonds. The second-order valence-electron chi connectivity index (χ2n) is 7.34. The van der Waals surface area contributed by atoms with Crippen LogP contribution in [0, 0.1) is 6.92 Å². The number of piperidine rings is 1. The van der Waals surface area contributed by atoms with Gasteiger partial charge in [0.25, 0.3) is 11.8 Å². The third kappa shape index (κ3) is 5.35. The van der Waals surface area contributed by atoms with Crippen LogP contribution in [0.2, 0.25) is 0 Å². The fourth-order valence-electron chi connectivity index (χ4n) is 3.25. The minimum absolute atomic E-state index is 0.0930. The molecule has 5 nitrogen and oxygen atoms in total. The lowest BCUT2D eigenvalue weighted by Gasteiger charge is -2.26. The summed E-state index contributed by atoms with van der Waals surface area (Å²) in [4.78, 5) is 26.7. The second-order valence-corrected chi connectivity index (χ2v) is 7.34. The van der Waals surface area contributed by atoms with Crippen LogP contribution in [-0.2, 0) is 11.3 Å². The molecule has 3 rings (SSSR count). The third-order valence-corrected chi connectivity index (χ3v) is 5.01. The van der Waals surface area contributed by atoms with Gasteiger partial charge in [0.15, 0.2) is 6.10 Å². The number of ether oxygens (including phenoxy) is 1. The van der Waals surface area contributed by atoms with E-state index >= 15 is 0 Å². The summed E-state index contributed by atoms with van der Waals surface area (Å²) in [6.07, 6.45) is 2.79. The number of nitrogens with zero attached hydrogens (tertiary/aromatic N) is 1. The Bertz CT molecular complexity index is 794. The summed E-state index contributed by atoms with van der Waals surface area (Å²) in [5.74, 6) is 0.596. The molecule has 1 aliphatic heterocycles. The van der Waals surface area contributed by atoms with E-state index in [9.17, 15) is 9.59 Å². The molecule has 2 aromatic carbocycles. The van der Waals surface area contributed by atoms with Crippen LogP contribution in [0.15, 0.2) is 48.5 Å². The molecule has 0 radical (unpaired) electrons. The number of amides is 2. The Morgan fingerprint density at radius 3 is 2.29 bits per heavy atom. The van der Waals surface area contributed by atoms with Crippen LogP contribution in [0.25, 0.3) is 0 Å². The number of aryl methyl sites for hydroxylation is 1. The van der Waals surface area contributed by atoms with E-state index < -0.39 is 6.10 Å². The molecular weight excluding hydrogens is 352 g/mol. The van der Waals surface area contributed by atoms with Gasteiger partial charge in [-0.25, -0.2) is 0 Å². The van der Waals surface area contributed by atoms with Crippen molar-refractivity contribution in [2.75, 3.05) is 13.1 Å². The highest BCUT2D eigenvalue weighted by atomic mass is 16.5. The van der Waals surface area contributed by atoms with Gasteiger partial charge in [-0.3, -0.25) is 9.59 Å². The number of nitrogens with one attached hydrogen (secondary N) is 1. The highest BCUT2D eigenvalue weighted by molar-refractivity contribution is 5.94. The smallest absolute Gasteiger partial charge is 0.261 e. The summed E-state index contributed by atoms with van der Waals surface area (Å²) in [5, 5.41) is 2.88. The molecular formula is C23H28N2O3. The minimum atomic E-state index is -0.581. The predicted molar refractivity (Wildman–Crippen MR) is 109 cm³/mol. The summed E-state index contributed by atoms with van der Waals surface area (Å²) >= 11 is 0. The molecule has 5 heteroatoms. The van der Waals surface area contributed by atoms with Crippen LogP contribution in [0.3, 0.4) is 0 Å². The van der Waals surface area contributed by atoms with Gasteiger partial charge in [-0.2, -0.15) is 0 Å². The average molecular weight is 380 g/mol. The first-order valence-electron chi connectivity index (χ1n) is 9.92. The zero-order valence-electron chi connectivity index (χ0n) is 16.6. The zero-order chi connectivity index (χ0) is 19.9. The maximum atomic E-state index is 12.5. The molecule has 148 valence electrons. The maximum Gasteiger partial charge on any atom is 0.261 e. The van der Waals surface area contributed by atoms with E-state index in [1.54, 1.807) is 6.92 Å². The summed E-state index contributed by atoms with van der Waals surface area (Å²) < 4.78 is 5.68. The predicted octanol–water partition coefficient (Wildman–Crippen LogP) is 3.70. The molecule has 1 atom stereocenters. The summed E-state index contributed by atoms with van der Waals surface area (Å²) in [7, 11) is 0. The normalized spacial score (nSPS) is 15.0. The molecule has 1 unspecified atom stereocenters. The summed E-state index contributed by atoms with van der Waals surface area (Å²) in [6, 6.07) is 15.1. The topological polar surface area (TPSA) is 58.6 Å². The standard InChI is InChI=1S/C23H28N2O3/c1-17-6-12-21(13-7-17)28-18(2)22(26)24-16-19-8-10-20(11-9-19)23(27)25-14-4-3-5-15-25/h6-13,18H,3-5,14-16H2,1-2H3,(H,24,26). The lowest BCUT2D eigenvalue weighted by Crippen LogP contribution is -2.36. The number of benzene rings is 2. The molecule has 1 fully saturated rings. The minimum Gasteiger partial charge on any atom is -0.481 e. The van der Waals surface area contributed by atoms with Crippen molar-refractivity contribution >= 4 is 11.8 Å². The highest BCUT2D eigenvalue weighted by Crippen LogP contribution is 2.15. The number of carbonyl (C=O) groups excluding carboxylic acids is 2. The third-order valence-electron chi connectivity index (χ3n) is 5.01. The van der Waals surface area contributed by atoms with Crippen molar-refractivity contribution in [3.8, 4) is 5.75 Å². The van der Waals surface area contributed by atoms with Crippen molar-refractivity contribution in [1.82, 2.24) is 10.2 Å². The van der Waals surface area contributed by atoms with Crippen LogP contribution in [0.1, 0.15) is 47.7 Å². The Morgan fingerprint density at radius 2 is 1.64 bits per heavy atom. The first-order valence-corrected chi connectivity index (χ1v) is 9.92. The Balaban J connectivity index is 1.49. The Morgan fingerprint density at radius 1 is 1.00 bits per heavy atom. The van der Waals surface area contributed by atoms with Crippen LogP contribution < -0.4 is 10.1 Å². The van der Waals surface area contributed by atoms with Gasteiger partial charge >= 0.3 is 0 Å². The number of hydrogen-bond donors (Lipinski definition) is 1. The first-order chi connectivity index (χ1) is 13.5. The van der Waals surface area contributed by atoms with Crippen LogP contribution in [0.4, 0.5) is 0 Å². The molecule has 1 heterocycles. The molecule has 28 heavy (non-hydrogen) atoms. The zero-order valence-corrected chi connectivity index (χ0v) is 16.6. The van der Waals surface area contributed by atoms with Crippen molar-refractivity contribution in [2.24, 2.45) is 0 Å². The second kappa shape index (κ2) is 9.40. The molecule has 2 aromatic rings. The van der Waals surface area contributed by atoms with Gasteiger partial charge in [0.1, 0.15) is 5.75 Å². The van der Waals surface area contributed by atoms with Crippen molar-refractivity contribution in [1.29, 1.82) is 0 Å². The van der Waals surface area contributed by atoms with Crippen molar-refractivity contribution in [3.05, 3.63) is 65.2 Å². The van der Waals surface area contributed by atoms with Crippen molar-refractivity contribution < 1.29 is 14.3 Å². The molecule has 0 aliphatic carbocycles. The van der Waals surface area contributed by atoms with E-state index in [2.05, 4.69) is 5.32 Å². The van der Waals surface area contributed by atoms with Gasteiger partial charge < -0.3 is 15.0 Å². The molecule has 0 bridgehead atoms. The number of likely N-dealkylation sites (tertiary alicyclic amines) is 1. The molecule has 0 aromatic heterocycles. The number of carbonyl (C=O) groups is 2. The van der Waals surface area contributed by atoms with E-state index in [0.717, 1.165) is 37.1 Å². The van der Waals surface area contributed by atoms with E-state index in [-0.39, 0.29) is 11.8 Å². The fourth-order valence-corrected chi connectivity index (χ4v) is 3.25. The van der Waals surface area contributed by atoms with Crippen LogP contribution >= 0.6 is 0 Å². The number of rotatable bonds is 6. The maximum absolute atomic E-state index is 12.5. The first kappa shape index (κ1) is 19.9. The van der Waals surface area contributed by atoms with Gasteiger partial charge in [0.2, 0.25) is 0 Å². The summed E-state index contributed by atoms with van der Waals surface area (Å²) in [6.45, 7) is 5.82. The average Bonchev–Trinajstić information content (AvgIpc) is 2.74. The lowest BCUT2D eigenvalue weighted by molar-refractivity contribution is -0.127. The highest BCUT2D eigenvalue weighted by Gasteiger charge is 2.18. The molecule has 1 saturated heterocycles. The molecule has 1 N–H and O–H groups in total. The van der Waals surface area contributed by atoms with E-state index in [0.29, 0.717) is 17.9 Å². The quantitative estimate of drug-likeness (QED) is 0.831.